The molecular formula is C12H17BrO3. The van der Waals surface area contributed by atoms with Gasteiger partial charge >= 0.3 is 0 Å². The van der Waals surface area contributed by atoms with Gasteiger partial charge in [-0.2, -0.15) is 0 Å². The molecule has 4 heteroatoms. The minimum Gasteiger partial charge on any atom is -0.492 e. The number of hydrogen-bond donors (Lipinski definition) is 1. The molecule has 1 N–H and O–H groups in total. The largest absolute Gasteiger partial charge is 0.492 e. The lowest BCUT2D eigenvalue weighted by atomic mass is 10.1. The third-order valence-electron chi connectivity index (χ3n) is 2.10. The predicted molar refractivity (Wildman–Crippen MR) is 67.2 cm³/mol. The Kier molecular flexibility index (Phi) is 5.09. The van der Waals surface area contributed by atoms with E-state index in [9.17, 15) is 5.11 Å². The normalized spacial score (nSPS) is 12.3. The molecule has 1 aromatic rings. The van der Waals surface area contributed by atoms with Gasteiger partial charge in [-0.3, -0.25) is 0 Å². The van der Waals surface area contributed by atoms with Gasteiger partial charge in [0.1, 0.15) is 0 Å². The molecule has 0 fully saturated rings. The minimum absolute atomic E-state index is 0.366. The van der Waals surface area contributed by atoms with Crippen LogP contribution in [0.1, 0.15) is 19.4 Å². The molecule has 0 amide bonds. The van der Waals surface area contributed by atoms with Gasteiger partial charge in [0.2, 0.25) is 0 Å². The van der Waals surface area contributed by atoms with E-state index in [1.165, 1.54) is 0 Å². The molecule has 0 aliphatic rings. The molecule has 0 heterocycles. The van der Waals surface area contributed by atoms with E-state index >= 15 is 0 Å². The highest BCUT2D eigenvalue weighted by atomic mass is 79.9. The van der Waals surface area contributed by atoms with Crippen LogP contribution in [0.4, 0.5) is 0 Å². The van der Waals surface area contributed by atoms with Crippen LogP contribution in [0.2, 0.25) is 0 Å². The first-order valence-electron chi connectivity index (χ1n) is 5.25. The second-order valence-electron chi connectivity index (χ2n) is 3.60. The Morgan fingerprint density at radius 2 is 2.12 bits per heavy atom. The molecule has 0 saturated carbocycles. The fourth-order valence-electron chi connectivity index (χ4n) is 1.54. The second-order valence-corrected chi connectivity index (χ2v) is 4.45. The summed E-state index contributed by atoms with van der Waals surface area (Å²) in [4.78, 5) is 0. The van der Waals surface area contributed by atoms with E-state index in [1.807, 2.05) is 19.1 Å². The lowest BCUT2D eigenvalue weighted by Gasteiger charge is -2.13. The monoisotopic (exact) mass is 288 g/mol. The van der Waals surface area contributed by atoms with E-state index in [0.717, 1.165) is 10.0 Å². The topological polar surface area (TPSA) is 38.7 Å². The van der Waals surface area contributed by atoms with E-state index in [4.69, 9.17) is 9.47 Å². The zero-order chi connectivity index (χ0) is 12.1. The van der Waals surface area contributed by atoms with Crippen molar-refractivity contribution in [1.82, 2.24) is 0 Å². The predicted octanol–water partition coefficient (Wildman–Crippen LogP) is 2.78. The van der Waals surface area contributed by atoms with Crippen molar-refractivity contribution in [2.24, 2.45) is 0 Å². The van der Waals surface area contributed by atoms with Crippen LogP contribution in [-0.2, 0) is 6.42 Å². The van der Waals surface area contributed by atoms with Crippen LogP contribution in [0.15, 0.2) is 16.6 Å². The van der Waals surface area contributed by atoms with E-state index in [1.54, 1.807) is 14.0 Å². The fourth-order valence-corrected chi connectivity index (χ4v) is 2.19. The van der Waals surface area contributed by atoms with Crippen LogP contribution in [0.5, 0.6) is 11.5 Å². The zero-order valence-corrected chi connectivity index (χ0v) is 11.4. The summed E-state index contributed by atoms with van der Waals surface area (Å²) in [7, 11) is 1.61. The molecule has 90 valence electrons. The Balaban J connectivity index is 3.06. The van der Waals surface area contributed by atoms with Gasteiger partial charge in [0.05, 0.1) is 24.3 Å². The summed E-state index contributed by atoms with van der Waals surface area (Å²) in [5.41, 5.74) is 1.02. The molecule has 0 radical (unpaired) electrons. The van der Waals surface area contributed by atoms with Crippen LogP contribution in [-0.4, -0.2) is 24.9 Å². The fraction of sp³-hybridized carbons (Fsp3) is 0.500. The van der Waals surface area contributed by atoms with E-state index in [2.05, 4.69) is 15.9 Å². The highest BCUT2D eigenvalue weighted by Gasteiger charge is 2.11. The van der Waals surface area contributed by atoms with Gasteiger partial charge in [-0.05, 0) is 53.9 Å². The Hall–Kier alpha value is -0.740. The summed E-state index contributed by atoms with van der Waals surface area (Å²) in [5, 5.41) is 9.36. The molecule has 0 aromatic heterocycles. The zero-order valence-electron chi connectivity index (χ0n) is 9.79. The van der Waals surface area contributed by atoms with Crippen LogP contribution in [0.25, 0.3) is 0 Å². The maximum Gasteiger partial charge on any atom is 0.174 e. The van der Waals surface area contributed by atoms with Crippen molar-refractivity contribution in [3.05, 3.63) is 22.2 Å². The molecule has 16 heavy (non-hydrogen) atoms. The second kappa shape index (κ2) is 6.11. The van der Waals surface area contributed by atoms with Gasteiger partial charge in [-0.1, -0.05) is 0 Å². The van der Waals surface area contributed by atoms with Gasteiger partial charge in [0, 0.05) is 0 Å². The summed E-state index contributed by atoms with van der Waals surface area (Å²) in [6.07, 6.45) is 0.234. The first-order valence-corrected chi connectivity index (χ1v) is 6.05. The van der Waals surface area contributed by atoms with Crippen molar-refractivity contribution in [3.63, 3.8) is 0 Å². The Bertz CT molecular complexity index is 350. The van der Waals surface area contributed by atoms with Crippen LogP contribution < -0.4 is 9.47 Å². The molecule has 1 aromatic carbocycles. The summed E-state index contributed by atoms with van der Waals surface area (Å²) in [6, 6.07) is 3.84. The molecule has 0 bridgehead atoms. The summed E-state index contributed by atoms with van der Waals surface area (Å²) < 4.78 is 11.6. The minimum atomic E-state index is -0.366. The third kappa shape index (κ3) is 3.39. The van der Waals surface area contributed by atoms with Crippen molar-refractivity contribution < 1.29 is 14.6 Å². The smallest absolute Gasteiger partial charge is 0.174 e. The lowest BCUT2D eigenvalue weighted by molar-refractivity contribution is 0.195. The molecule has 0 aliphatic heterocycles. The molecule has 1 unspecified atom stereocenters. The summed E-state index contributed by atoms with van der Waals surface area (Å²) in [5.74, 6) is 1.39. The van der Waals surface area contributed by atoms with Crippen LogP contribution in [0, 0.1) is 0 Å². The number of rotatable bonds is 5. The maximum absolute atomic E-state index is 9.36. The van der Waals surface area contributed by atoms with Gasteiger partial charge in [0.25, 0.3) is 0 Å². The van der Waals surface area contributed by atoms with E-state index in [-0.39, 0.29) is 6.10 Å². The van der Waals surface area contributed by atoms with Gasteiger partial charge in [0.15, 0.2) is 11.5 Å². The molecular weight excluding hydrogens is 272 g/mol. The number of ether oxygens (including phenoxy) is 2. The highest BCUT2D eigenvalue weighted by molar-refractivity contribution is 9.10. The van der Waals surface area contributed by atoms with Crippen LogP contribution >= 0.6 is 15.9 Å². The van der Waals surface area contributed by atoms with Crippen molar-refractivity contribution >= 4 is 15.9 Å². The lowest BCUT2D eigenvalue weighted by Crippen LogP contribution is -2.05. The summed E-state index contributed by atoms with van der Waals surface area (Å²) >= 11 is 3.43. The van der Waals surface area contributed by atoms with Gasteiger partial charge < -0.3 is 14.6 Å². The SMILES string of the molecule is CCOc1cc(CC(C)O)cc(Br)c1OC. The Morgan fingerprint density at radius 1 is 1.44 bits per heavy atom. The molecule has 1 rings (SSSR count). The van der Waals surface area contributed by atoms with E-state index < -0.39 is 0 Å². The van der Waals surface area contributed by atoms with Gasteiger partial charge in [-0.15, -0.1) is 0 Å². The number of hydrogen-bond acceptors (Lipinski definition) is 3. The van der Waals surface area contributed by atoms with Crippen LogP contribution in [0.3, 0.4) is 0 Å². The average molecular weight is 289 g/mol. The Labute approximate surface area is 105 Å². The number of aliphatic hydroxyl groups excluding tert-OH is 1. The molecule has 0 saturated heterocycles. The Morgan fingerprint density at radius 3 is 2.62 bits per heavy atom. The number of halogens is 1. The average Bonchev–Trinajstić information content (AvgIpc) is 2.16. The van der Waals surface area contributed by atoms with Crippen molar-refractivity contribution in [1.29, 1.82) is 0 Å². The molecule has 0 aliphatic carbocycles. The van der Waals surface area contributed by atoms with Gasteiger partial charge in [-0.25, -0.2) is 0 Å². The maximum atomic E-state index is 9.36. The van der Waals surface area contributed by atoms with Crippen molar-refractivity contribution in [3.8, 4) is 11.5 Å². The molecule has 3 nitrogen and oxygen atoms in total. The molecule has 1 atom stereocenters. The first kappa shape index (κ1) is 13.3. The highest BCUT2D eigenvalue weighted by Crippen LogP contribution is 2.36. The number of aliphatic hydroxyl groups is 1. The number of benzene rings is 1. The quantitative estimate of drug-likeness (QED) is 0.906. The van der Waals surface area contributed by atoms with Crippen molar-refractivity contribution in [2.45, 2.75) is 26.4 Å². The standard InChI is InChI=1S/C12H17BrO3/c1-4-16-11-7-9(5-8(2)14)6-10(13)12(11)15-3/h6-8,14H,4-5H2,1-3H3. The summed E-state index contributed by atoms with van der Waals surface area (Å²) in [6.45, 7) is 4.27. The number of methoxy groups -OCH3 is 1. The van der Waals surface area contributed by atoms with Crippen molar-refractivity contribution in [2.75, 3.05) is 13.7 Å². The molecule has 0 spiro atoms. The third-order valence-corrected chi connectivity index (χ3v) is 2.69. The van der Waals surface area contributed by atoms with E-state index in [0.29, 0.717) is 24.5 Å². The first-order chi connectivity index (χ1) is 7.58.